The Morgan fingerprint density at radius 1 is 1.00 bits per heavy atom. The molecule has 0 unspecified atom stereocenters. The van der Waals surface area contributed by atoms with Gasteiger partial charge < -0.3 is 10.2 Å². The van der Waals surface area contributed by atoms with Crippen molar-refractivity contribution in [3.05, 3.63) is 53.8 Å². The molecule has 2 nitrogen and oxygen atoms in total. The monoisotopic (exact) mass is 218 g/mol. The van der Waals surface area contributed by atoms with E-state index < -0.39 is 5.82 Å². The first kappa shape index (κ1) is 10.6. The number of hydrogen-bond donors (Lipinski definition) is 2. The minimum absolute atomic E-state index is 0.0407. The van der Waals surface area contributed by atoms with E-state index in [1.54, 1.807) is 24.3 Å². The van der Waals surface area contributed by atoms with Crippen molar-refractivity contribution < 1.29 is 14.6 Å². The Morgan fingerprint density at radius 3 is 2.44 bits per heavy atom. The van der Waals surface area contributed by atoms with E-state index in [9.17, 15) is 9.50 Å². The van der Waals surface area contributed by atoms with Crippen molar-refractivity contribution in [1.82, 2.24) is 0 Å². The summed E-state index contributed by atoms with van der Waals surface area (Å²) in [5.74, 6) is -1.01. The molecule has 2 aromatic rings. The molecular formula is C13H11FO2. The van der Waals surface area contributed by atoms with Crippen LogP contribution in [0.5, 0.6) is 5.75 Å². The van der Waals surface area contributed by atoms with Crippen LogP contribution in [-0.2, 0) is 6.61 Å². The summed E-state index contributed by atoms with van der Waals surface area (Å²) in [7, 11) is 0. The average Bonchev–Trinajstić information content (AvgIpc) is 2.33. The van der Waals surface area contributed by atoms with Gasteiger partial charge in [-0.25, -0.2) is 4.39 Å². The highest BCUT2D eigenvalue weighted by atomic mass is 19.1. The molecule has 0 atom stereocenters. The summed E-state index contributed by atoms with van der Waals surface area (Å²) in [5.41, 5.74) is 2.33. The zero-order valence-corrected chi connectivity index (χ0v) is 8.52. The molecule has 0 saturated heterocycles. The van der Waals surface area contributed by atoms with Gasteiger partial charge in [-0.3, -0.25) is 0 Å². The number of benzene rings is 2. The van der Waals surface area contributed by atoms with Crippen LogP contribution in [0.1, 0.15) is 5.56 Å². The van der Waals surface area contributed by atoms with Gasteiger partial charge in [0.15, 0.2) is 11.6 Å². The van der Waals surface area contributed by atoms with Crippen molar-refractivity contribution in [2.75, 3.05) is 0 Å². The van der Waals surface area contributed by atoms with Crippen molar-refractivity contribution in [2.45, 2.75) is 6.61 Å². The molecule has 0 radical (unpaired) electrons. The zero-order valence-electron chi connectivity index (χ0n) is 8.52. The Bertz CT molecular complexity index is 509. The minimum atomic E-state index is -0.637. The second-order valence-electron chi connectivity index (χ2n) is 3.52. The molecule has 0 fully saturated rings. The molecule has 0 aromatic heterocycles. The smallest absolute Gasteiger partial charge is 0.164 e. The van der Waals surface area contributed by atoms with E-state index >= 15 is 0 Å². The molecule has 0 amide bonds. The first-order valence-electron chi connectivity index (χ1n) is 4.89. The average molecular weight is 218 g/mol. The van der Waals surface area contributed by atoms with Gasteiger partial charge in [0.1, 0.15) is 0 Å². The van der Waals surface area contributed by atoms with Crippen molar-refractivity contribution in [2.24, 2.45) is 0 Å². The van der Waals surface area contributed by atoms with Gasteiger partial charge >= 0.3 is 0 Å². The lowest BCUT2D eigenvalue weighted by atomic mass is 10.0. The number of aliphatic hydroxyl groups is 1. The molecule has 16 heavy (non-hydrogen) atoms. The van der Waals surface area contributed by atoms with Crippen molar-refractivity contribution in [1.29, 1.82) is 0 Å². The van der Waals surface area contributed by atoms with Gasteiger partial charge in [-0.15, -0.1) is 0 Å². The number of halogens is 1. The first-order chi connectivity index (χ1) is 7.70. The summed E-state index contributed by atoms with van der Waals surface area (Å²) < 4.78 is 12.9. The second-order valence-corrected chi connectivity index (χ2v) is 3.52. The van der Waals surface area contributed by atoms with E-state index in [-0.39, 0.29) is 12.4 Å². The number of rotatable bonds is 2. The van der Waals surface area contributed by atoms with Gasteiger partial charge in [0.25, 0.3) is 0 Å². The highest BCUT2D eigenvalue weighted by Crippen LogP contribution is 2.26. The quantitative estimate of drug-likeness (QED) is 0.813. The maximum absolute atomic E-state index is 12.9. The molecule has 0 heterocycles. The van der Waals surface area contributed by atoms with E-state index in [0.717, 1.165) is 11.1 Å². The number of aliphatic hydroxyl groups excluding tert-OH is 1. The Labute approximate surface area is 92.6 Å². The lowest BCUT2D eigenvalue weighted by Crippen LogP contribution is -1.85. The molecule has 2 rings (SSSR count). The van der Waals surface area contributed by atoms with Gasteiger partial charge in [-0.2, -0.15) is 0 Å². The predicted octanol–water partition coefficient (Wildman–Crippen LogP) is 2.69. The van der Waals surface area contributed by atoms with Crippen LogP contribution in [0.25, 0.3) is 11.1 Å². The fraction of sp³-hybridized carbons (Fsp3) is 0.0769. The third-order valence-corrected chi connectivity index (χ3v) is 2.39. The highest BCUT2D eigenvalue weighted by Gasteiger charge is 2.03. The van der Waals surface area contributed by atoms with E-state index in [1.165, 1.54) is 12.1 Å². The van der Waals surface area contributed by atoms with Gasteiger partial charge in [0.05, 0.1) is 6.61 Å². The Balaban J connectivity index is 2.46. The second kappa shape index (κ2) is 4.33. The predicted molar refractivity (Wildman–Crippen MR) is 59.4 cm³/mol. The summed E-state index contributed by atoms with van der Waals surface area (Å²) >= 11 is 0. The molecule has 82 valence electrons. The van der Waals surface area contributed by atoms with Gasteiger partial charge in [-0.1, -0.05) is 24.3 Å². The molecule has 2 N–H and O–H groups in total. The molecule has 0 aliphatic carbocycles. The molecule has 0 saturated carbocycles. The lowest BCUT2D eigenvalue weighted by molar-refractivity contribution is 0.282. The standard InChI is InChI=1S/C13H11FO2/c14-12-5-4-11(7-13(12)16)10-3-1-2-9(6-10)8-15/h1-7,15-16H,8H2. The van der Waals surface area contributed by atoms with E-state index in [4.69, 9.17) is 5.11 Å². The van der Waals surface area contributed by atoms with E-state index in [2.05, 4.69) is 0 Å². The first-order valence-corrected chi connectivity index (χ1v) is 4.89. The lowest BCUT2D eigenvalue weighted by Gasteiger charge is -2.04. The highest BCUT2D eigenvalue weighted by molar-refractivity contribution is 5.65. The normalized spacial score (nSPS) is 10.4. The number of aromatic hydroxyl groups is 1. The van der Waals surface area contributed by atoms with Crippen LogP contribution in [0.2, 0.25) is 0 Å². The largest absolute Gasteiger partial charge is 0.505 e. The molecule has 0 aliphatic heterocycles. The van der Waals surface area contributed by atoms with Crippen molar-refractivity contribution in [3.8, 4) is 16.9 Å². The van der Waals surface area contributed by atoms with Gasteiger partial charge in [0.2, 0.25) is 0 Å². The van der Waals surface area contributed by atoms with Gasteiger partial charge in [-0.05, 0) is 34.9 Å². The minimum Gasteiger partial charge on any atom is -0.505 e. The third-order valence-electron chi connectivity index (χ3n) is 2.39. The van der Waals surface area contributed by atoms with Gasteiger partial charge in [0, 0.05) is 0 Å². The van der Waals surface area contributed by atoms with Crippen LogP contribution in [0.3, 0.4) is 0 Å². The molecule has 0 bridgehead atoms. The van der Waals surface area contributed by atoms with Crippen molar-refractivity contribution in [3.63, 3.8) is 0 Å². The topological polar surface area (TPSA) is 40.5 Å². The maximum atomic E-state index is 12.9. The summed E-state index contributed by atoms with van der Waals surface area (Å²) in [4.78, 5) is 0. The summed E-state index contributed by atoms with van der Waals surface area (Å²) in [6.45, 7) is -0.0407. The van der Waals surface area contributed by atoms with Crippen LogP contribution in [0.4, 0.5) is 4.39 Å². The number of hydrogen-bond acceptors (Lipinski definition) is 2. The number of phenolic OH excluding ortho intramolecular Hbond substituents is 1. The number of phenols is 1. The Morgan fingerprint density at radius 2 is 1.75 bits per heavy atom. The summed E-state index contributed by atoms with van der Waals surface area (Å²) in [6, 6.07) is 11.4. The Kier molecular flexibility index (Phi) is 2.88. The third kappa shape index (κ3) is 2.04. The van der Waals surface area contributed by atoms with Crippen LogP contribution in [0, 0.1) is 5.82 Å². The molecular weight excluding hydrogens is 207 g/mol. The molecule has 3 heteroatoms. The summed E-state index contributed by atoms with van der Waals surface area (Å²) in [6.07, 6.45) is 0. The fourth-order valence-corrected chi connectivity index (χ4v) is 1.54. The fourth-order valence-electron chi connectivity index (χ4n) is 1.54. The van der Waals surface area contributed by atoms with Crippen molar-refractivity contribution >= 4 is 0 Å². The summed E-state index contributed by atoms with van der Waals surface area (Å²) in [5, 5.41) is 18.3. The van der Waals surface area contributed by atoms with E-state index in [1.807, 2.05) is 6.07 Å². The Hall–Kier alpha value is -1.87. The molecule has 2 aromatic carbocycles. The zero-order chi connectivity index (χ0) is 11.5. The van der Waals surface area contributed by atoms with E-state index in [0.29, 0.717) is 5.56 Å². The molecule has 0 spiro atoms. The van der Waals surface area contributed by atoms with Crippen LogP contribution in [-0.4, -0.2) is 10.2 Å². The van der Waals surface area contributed by atoms with Crippen LogP contribution in [0.15, 0.2) is 42.5 Å². The van der Waals surface area contributed by atoms with Crippen LogP contribution < -0.4 is 0 Å². The SMILES string of the molecule is OCc1cccc(-c2ccc(F)c(O)c2)c1. The maximum Gasteiger partial charge on any atom is 0.164 e. The molecule has 0 aliphatic rings. The van der Waals surface area contributed by atoms with Crippen LogP contribution >= 0.6 is 0 Å².